The third kappa shape index (κ3) is 11.7. The molecule has 358 valence electrons. The number of nitrogens with one attached hydrogen (secondary N) is 1. The van der Waals surface area contributed by atoms with E-state index in [1.54, 1.807) is 26.0 Å². The topological polar surface area (TPSA) is 279 Å². The number of carboxylic acid groups (broad SMARTS) is 1. The number of amides is 1. The Hall–Kier alpha value is -3.10. The lowest BCUT2D eigenvalue weighted by atomic mass is 9.43. The number of carbonyl (C=O) groups is 4. The number of hydrogen-bond acceptors (Lipinski definition) is 20. The Morgan fingerprint density at radius 1 is 0.969 bits per heavy atom. The first-order chi connectivity index (χ1) is 30.6. The molecule has 6 rings (SSSR count). The molecule has 5 aliphatic rings. The maximum absolute atomic E-state index is 13.4. The average Bonchev–Trinajstić information content (AvgIpc) is 3.42. The number of fused-ring (bicyclic) bond motifs is 3. The Bertz CT molecular complexity index is 1770. The van der Waals surface area contributed by atoms with E-state index in [2.05, 4.69) is 37.6 Å². The zero-order valence-electron chi connectivity index (χ0n) is 35.8. The van der Waals surface area contributed by atoms with E-state index >= 15 is 0 Å². The smallest absolute Gasteiger partial charge is 0.306 e. The molecule has 1 saturated heterocycles. The first-order valence-corrected chi connectivity index (χ1v) is 22.8. The number of benzene rings is 1. The van der Waals surface area contributed by atoms with Crippen molar-refractivity contribution in [2.45, 2.75) is 134 Å². The van der Waals surface area contributed by atoms with E-state index < -0.39 is 90.1 Å². The Kier molecular flexibility index (Phi) is 17.8. The van der Waals surface area contributed by atoms with E-state index in [0.29, 0.717) is 25.7 Å². The number of carbonyl (C=O) groups excluding carboxylic acids is 3. The zero-order valence-corrected chi connectivity index (χ0v) is 37.5. The Morgan fingerprint density at radius 3 is 2.34 bits per heavy atom. The molecule has 4 N–H and O–H groups in total. The molecule has 1 heterocycles. The van der Waals surface area contributed by atoms with Crippen LogP contribution in [0.4, 0.5) is 0 Å². The van der Waals surface area contributed by atoms with Gasteiger partial charge in [0.25, 0.3) is 0 Å². The second kappa shape index (κ2) is 22.6. The molecule has 64 heavy (non-hydrogen) atoms. The van der Waals surface area contributed by atoms with Crippen LogP contribution in [0.2, 0.25) is 0 Å². The first-order valence-electron chi connectivity index (χ1n) is 21.5. The third-order valence-corrected chi connectivity index (χ3v) is 14.7. The van der Waals surface area contributed by atoms with E-state index in [1.165, 1.54) is 12.1 Å². The first kappa shape index (κ1) is 50.3. The van der Waals surface area contributed by atoms with Gasteiger partial charge in [0.1, 0.15) is 30.7 Å². The van der Waals surface area contributed by atoms with Crippen LogP contribution < -0.4 is 15.8 Å². The number of hydrogen-bond donors (Lipinski definition) is 4. The standard InChI is InChI=1S/C42H59NO19S2/c1-22(2)17-34(47)56-37-36(58-64-62-60-52)35(57-63-61-59-51)30(21-53-33(46)12-11-32(45)43-16-14-24-5-8-26(44)9-6-24)55-40(37)54-27-18-28(39(49)50)29-13-15-42-19-25(23(3)38(42)48)7-10-31(42)41(29,4)20-27/h5-6,8-9,22,25,27-31,35-38,40,44,48,51-52H,3,7,10-21H2,1-2,4H3,(H,43,45)(H,49,50)/p-2/t25?,27?,28?,29?,30-,31?,35-,36-,37?,38+,40+,41?,42?/m1/s1. The Labute approximate surface area is 379 Å². The highest BCUT2D eigenvalue weighted by atomic mass is 32.2. The van der Waals surface area contributed by atoms with Crippen LogP contribution in [0, 0.1) is 40.4 Å². The van der Waals surface area contributed by atoms with Gasteiger partial charge in [-0.15, -0.1) is 8.67 Å². The molecule has 1 aromatic rings. The van der Waals surface area contributed by atoms with Crippen molar-refractivity contribution in [3.8, 4) is 5.75 Å². The quantitative estimate of drug-likeness (QED) is 0.0247. The number of carboxylic acids is 1. The largest absolute Gasteiger partial charge is 0.691 e. The van der Waals surface area contributed by atoms with Gasteiger partial charge < -0.3 is 50.1 Å². The van der Waals surface area contributed by atoms with Gasteiger partial charge in [-0.25, -0.2) is 0 Å². The van der Waals surface area contributed by atoms with E-state index in [-0.39, 0.29) is 86.3 Å². The predicted octanol–water partition coefficient (Wildman–Crippen LogP) is 3.03. The summed E-state index contributed by atoms with van der Waals surface area (Å²) in [5, 5.41) is 63.0. The zero-order chi connectivity index (χ0) is 46.2. The molecule has 5 fully saturated rings. The van der Waals surface area contributed by atoms with Crippen LogP contribution >= 0.6 is 24.6 Å². The minimum Gasteiger partial charge on any atom is -0.691 e. The molecule has 0 aromatic heterocycles. The molecule has 2 bridgehead atoms. The Morgan fingerprint density at radius 2 is 1.67 bits per heavy atom. The highest BCUT2D eigenvalue weighted by Gasteiger charge is 2.67. The Balaban J connectivity index is 1.23. The lowest BCUT2D eigenvalue weighted by Crippen LogP contribution is -2.63. The van der Waals surface area contributed by atoms with Crippen LogP contribution in [-0.2, 0) is 71.7 Å². The summed E-state index contributed by atoms with van der Waals surface area (Å²) < 4.78 is 44.8. The number of aromatic hydroxyl groups is 1. The molecule has 8 unspecified atom stereocenters. The summed E-state index contributed by atoms with van der Waals surface area (Å²) in [7, 11) is 0. The maximum atomic E-state index is 13.4. The number of ether oxygens (including phenoxy) is 4. The molecule has 1 aromatic carbocycles. The van der Waals surface area contributed by atoms with Gasteiger partial charge in [-0.05, 0) is 104 Å². The van der Waals surface area contributed by atoms with Gasteiger partial charge in [0.15, 0.2) is 37.0 Å². The molecule has 20 nitrogen and oxygen atoms in total. The van der Waals surface area contributed by atoms with Crippen LogP contribution in [0.3, 0.4) is 0 Å². The molecule has 1 spiro atoms. The third-order valence-electron chi connectivity index (χ3n) is 13.9. The summed E-state index contributed by atoms with van der Waals surface area (Å²) in [5.41, 5.74) is 0.648. The number of phenols is 1. The number of rotatable bonds is 22. The summed E-state index contributed by atoms with van der Waals surface area (Å²) in [6.45, 7) is 9.58. The van der Waals surface area contributed by atoms with E-state index in [4.69, 9.17) is 27.3 Å². The highest BCUT2D eigenvalue weighted by Crippen LogP contribution is 2.70. The predicted molar refractivity (Wildman–Crippen MR) is 217 cm³/mol. The maximum Gasteiger partial charge on any atom is 0.306 e. The number of aliphatic hydroxyl groups is 1. The lowest BCUT2D eigenvalue weighted by Gasteiger charge is -2.62. The van der Waals surface area contributed by atoms with Crippen molar-refractivity contribution in [1.29, 1.82) is 0 Å². The lowest BCUT2D eigenvalue weighted by molar-refractivity contribution is -0.778. The number of aliphatic hydroxyl groups excluding tert-OH is 1. The molecule has 1 amide bonds. The molecule has 13 atom stereocenters. The van der Waals surface area contributed by atoms with Crippen molar-refractivity contribution in [2.75, 3.05) is 13.2 Å². The van der Waals surface area contributed by atoms with E-state index in [0.717, 1.165) is 30.4 Å². The minimum absolute atomic E-state index is 0.0441. The number of phenolic OH excluding ortho intramolecular Hbond substituents is 1. The van der Waals surface area contributed by atoms with Gasteiger partial charge in [0, 0.05) is 24.8 Å². The summed E-state index contributed by atoms with van der Waals surface area (Å²) in [6, 6.07) is 6.51. The van der Waals surface area contributed by atoms with Gasteiger partial charge in [-0.1, -0.05) is 39.5 Å². The normalized spacial score (nSPS) is 34.4. The van der Waals surface area contributed by atoms with Crippen LogP contribution in [0.1, 0.15) is 90.5 Å². The van der Waals surface area contributed by atoms with Crippen LogP contribution in [0.5, 0.6) is 5.75 Å². The van der Waals surface area contributed by atoms with Crippen molar-refractivity contribution in [3.63, 3.8) is 0 Å². The second-order valence-corrected chi connectivity index (χ2v) is 19.0. The SMILES string of the molecule is C=C1C2CCC3C4(C)CC(O[C@H]5O[C@H](COC(=O)CCC(=O)NCCc6ccc(O)cc6)[C@@H](OSOO[O-])[C@@H](OSOO[O-])C5OC(=O)CC(C)C)CC(C(=O)O)C4CCC3(C2)[C@H]1O. The van der Waals surface area contributed by atoms with Gasteiger partial charge in [-0.2, -0.15) is 0 Å². The van der Waals surface area contributed by atoms with Crippen LogP contribution in [0.25, 0.3) is 0 Å². The summed E-state index contributed by atoms with van der Waals surface area (Å²) >= 11 is 0.0886. The summed E-state index contributed by atoms with van der Waals surface area (Å²) in [6.07, 6.45) is -5.04. The van der Waals surface area contributed by atoms with Gasteiger partial charge in [0.2, 0.25) is 5.91 Å². The van der Waals surface area contributed by atoms with Gasteiger partial charge in [0.05, 0.1) is 24.5 Å². The molecule has 4 saturated carbocycles. The van der Waals surface area contributed by atoms with Crippen LogP contribution in [0.15, 0.2) is 36.4 Å². The number of aliphatic carboxylic acids is 1. The molecule has 22 heteroatoms. The van der Waals surface area contributed by atoms with Crippen molar-refractivity contribution in [2.24, 2.45) is 40.4 Å². The molecule has 4 aliphatic carbocycles. The van der Waals surface area contributed by atoms with Crippen molar-refractivity contribution in [1.82, 2.24) is 5.32 Å². The van der Waals surface area contributed by atoms with E-state index in [1.807, 2.05) is 0 Å². The minimum atomic E-state index is -1.55. The average molecular weight is 944 g/mol. The van der Waals surface area contributed by atoms with Crippen molar-refractivity contribution < 1.29 is 91.1 Å². The second-order valence-electron chi connectivity index (χ2n) is 18.1. The van der Waals surface area contributed by atoms with Crippen molar-refractivity contribution in [3.05, 3.63) is 42.0 Å². The molecule has 1 aliphatic heterocycles. The molecule has 0 radical (unpaired) electrons. The monoisotopic (exact) mass is 943 g/mol. The highest BCUT2D eigenvalue weighted by molar-refractivity contribution is 7.90. The summed E-state index contributed by atoms with van der Waals surface area (Å²) in [4.78, 5) is 52.1. The fourth-order valence-corrected chi connectivity index (χ4v) is 12.0. The van der Waals surface area contributed by atoms with Crippen molar-refractivity contribution >= 4 is 48.5 Å². The van der Waals surface area contributed by atoms with Gasteiger partial charge >= 0.3 is 17.9 Å². The van der Waals surface area contributed by atoms with E-state index in [9.17, 15) is 45.0 Å². The molecular weight excluding hydrogens is 887 g/mol. The fraction of sp³-hybridized carbons (Fsp3) is 0.714. The van der Waals surface area contributed by atoms with Crippen LogP contribution in [-0.4, -0.2) is 95.2 Å². The molecular formula is C42H57NO19S2-2. The summed E-state index contributed by atoms with van der Waals surface area (Å²) in [5.74, 6) is -3.90. The fourth-order valence-electron chi connectivity index (χ4n) is 11.2. The van der Waals surface area contributed by atoms with Gasteiger partial charge in [-0.3, -0.25) is 37.6 Å². The number of esters is 2.